The second kappa shape index (κ2) is 4.63. The van der Waals surface area contributed by atoms with Crippen LogP contribution >= 0.6 is 11.6 Å². The Morgan fingerprint density at radius 2 is 2.06 bits per heavy atom. The van der Waals surface area contributed by atoms with Gasteiger partial charge in [0.05, 0.1) is 5.41 Å². The maximum absolute atomic E-state index is 13.9. The van der Waals surface area contributed by atoms with E-state index in [1.54, 1.807) is 0 Å². The van der Waals surface area contributed by atoms with Crippen molar-refractivity contribution in [2.45, 2.75) is 18.3 Å². The van der Waals surface area contributed by atoms with Crippen LogP contribution in [0.5, 0.6) is 0 Å². The summed E-state index contributed by atoms with van der Waals surface area (Å²) >= 11 is 5.68. The molecule has 3 nitrogen and oxygen atoms in total. The minimum Gasteiger partial charge on any atom is -0.481 e. The molecule has 5 heteroatoms. The first kappa shape index (κ1) is 12.3. The summed E-state index contributed by atoms with van der Waals surface area (Å²) in [5.41, 5.74) is -0.893. The molecule has 0 spiro atoms. The van der Waals surface area contributed by atoms with Crippen molar-refractivity contribution in [1.29, 1.82) is 0 Å². The maximum Gasteiger partial charge on any atom is 0.314 e. The summed E-state index contributed by atoms with van der Waals surface area (Å²) in [6.07, 6.45) is 0.780. The van der Waals surface area contributed by atoms with Crippen LogP contribution in [0.3, 0.4) is 0 Å². The summed E-state index contributed by atoms with van der Waals surface area (Å²) in [5.74, 6) is -1.51. The molecule has 1 heterocycles. The highest BCUT2D eigenvalue weighted by molar-refractivity contribution is 6.30. The van der Waals surface area contributed by atoms with Crippen LogP contribution < -0.4 is 5.32 Å². The molecule has 0 radical (unpaired) electrons. The molecule has 1 aliphatic rings. The summed E-state index contributed by atoms with van der Waals surface area (Å²) in [7, 11) is 0. The number of aliphatic carboxylic acids is 1. The zero-order valence-electron chi connectivity index (χ0n) is 9.17. The summed E-state index contributed by atoms with van der Waals surface area (Å²) in [6.45, 7) is 1.16. The van der Waals surface area contributed by atoms with Crippen LogP contribution in [0.15, 0.2) is 18.2 Å². The van der Waals surface area contributed by atoms with Crippen LogP contribution in [-0.2, 0) is 10.2 Å². The molecule has 17 heavy (non-hydrogen) atoms. The van der Waals surface area contributed by atoms with Gasteiger partial charge < -0.3 is 10.4 Å². The number of carboxylic acid groups (broad SMARTS) is 1. The van der Waals surface area contributed by atoms with Gasteiger partial charge in [0.25, 0.3) is 0 Å². The second-order valence-corrected chi connectivity index (χ2v) is 4.70. The average Bonchev–Trinajstić information content (AvgIpc) is 2.29. The smallest absolute Gasteiger partial charge is 0.314 e. The minimum absolute atomic E-state index is 0.232. The molecular formula is C12H13ClFNO2. The van der Waals surface area contributed by atoms with Gasteiger partial charge in [-0.3, -0.25) is 4.79 Å². The molecule has 0 aliphatic carbocycles. The Balaban J connectivity index is 2.49. The number of halogens is 2. The van der Waals surface area contributed by atoms with Crippen LogP contribution in [0, 0.1) is 5.82 Å². The van der Waals surface area contributed by atoms with Gasteiger partial charge in [-0.25, -0.2) is 4.39 Å². The Bertz CT molecular complexity index is 444. The monoisotopic (exact) mass is 257 g/mol. The number of carboxylic acids is 1. The van der Waals surface area contributed by atoms with Gasteiger partial charge in [0.15, 0.2) is 0 Å². The summed E-state index contributed by atoms with van der Waals surface area (Å²) < 4.78 is 13.9. The van der Waals surface area contributed by atoms with Gasteiger partial charge in [0.2, 0.25) is 0 Å². The third-order valence-corrected chi connectivity index (χ3v) is 3.55. The number of piperidine rings is 1. The van der Waals surface area contributed by atoms with E-state index in [4.69, 9.17) is 11.6 Å². The van der Waals surface area contributed by atoms with E-state index >= 15 is 0 Å². The molecule has 0 saturated carbocycles. The fourth-order valence-corrected chi connectivity index (χ4v) is 2.49. The highest BCUT2D eigenvalue weighted by Crippen LogP contribution is 2.36. The fourth-order valence-electron chi connectivity index (χ4n) is 2.33. The maximum atomic E-state index is 13.9. The zero-order chi connectivity index (χ0) is 12.5. The Kier molecular flexibility index (Phi) is 3.35. The van der Waals surface area contributed by atoms with E-state index in [1.165, 1.54) is 18.2 Å². The molecule has 1 saturated heterocycles. The number of hydrogen-bond acceptors (Lipinski definition) is 2. The molecule has 0 unspecified atom stereocenters. The molecular weight excluding hydrogens is 245 g/mol. The number of carbonyl (C=O) groups is 1. The van der Waals surface area contributed by atoms with Crippen molar-refractivity contribution in [2.24, 2.45) is 0 Å². The van der Waals surface area contributed by atoms with Gasteiger partial charge in [0.1, 0.15) is 5.82 Å². The van der Waals surface area contributed by atoms with Crippen molar-refractivity contribution in [1.82, 2.24) is 5.32 Å². The summed E-state index contributed by atoms with van der Waals surface area (Å²) in [4.78, 5) is 11.5. The van der Waals surface area contributed by atoms with Gasteiger partial charge in [-0.1, -0.05) is 17.7 Å². The van der Waals surface area contributed by atoms with E-state index in [0.29, 0.717) is 25.9 Å². The van der Waals surface area contributed by atoms with Crippen LogP contribution in [0.25, 0.3) is 0 Å². The zero-order valence-corrected chi connectivity index (χ0v) is 9.93. The highest BCUT2D eigenvalue weighted by atomic mass is 35.5. The lowest BCUT2D eigenvalue weighted by Crippen LogP contribution is -2.46. The van der Waals surface area contributed by atoms with Gasteiger partial charge in [-0.2, -0.15) is 0 Å². The number of hydrogen-bond donors (Lipinski definition) is 2. The standard InChI is InChI=1S/C12H13ClFNO2/c13-8-1-2-9(10(14)7-8)12(11(16)17)3-5-15-6-4-12/h1-2,7,15H,3-6H2,(H,16,17). The van der Waals surface area contributed by atoms with E-state index in [0.717, 1.165) is 0 Å². The van der Waals surface area contributed by atoms with E-state index in [1.807, 2.05) is 0 Å². The minimum atomic E-state index is -1.13. The molecule has 0 bridgehead atoms. The van der Waals surface area contributed by atoms with Crippen LogP contribution in [-0.4, -0.2) is 24.2 Å². The van der Waals surface area contributed by atoms with E-state index < -0.39 is 17.2 Å². The van der Waals surface area contributed by atoms with Gasteiger partial charge in [-0.15, -0.1) is 0 Å². The number of rotatable bonds is 2. The molecule has 2 rings (SSSR count). The van der Waals surface area contributed by atoms with Gasteiger partial charge in [-0.05, 0) is 38.1 Å². The fraction of sp³-hybridized carbons (Fsp3) is 0.417. The van der Waals surface area contributed by atoms with Crippen molar-refractivity contribution in [3.05, 3.63) is 34.6 Å². The third kappa shape index (κ3) is 2.15. The van der Waals surface area contributed by atoms with Crippen molar-refractivity contribution in [3.63, 3.8) is 0 Å². The Labute approximate surface area is 104 Å². The topological polar surface area (TPSA) is 49.3 Å². The lowest BCUT2D eigenvalue weighted by atomic mass is 9.73. The van der Waals surface area contributed by atoms with Crippen LogP contribution in [0.4, 0.5) is 4.39 Å². The largest absolute Gasteiger partial charge is 0.481 e. The Hall–Kier alpha value is -1.13. The van der Waals surface area contributed by atoms with Crippen molar-refractivity contribution in [3.8, 4) is 0 Å². The van der Waals surface area contributed by atoms with E-state index in [9.17, 15) is 14.3 Å². The molecule has 1 aromatic carbocycles. The third-order valence-electron chi connectivity index (χ3n) is 3.31. The first-order valence-electron chi connectivity index (χ1n) is 5.46. The van der Waals surface area contributed by atoms with E-state index in [-0.39, 0.29) is 10.6 Å². The first-order chi connectivity index (χ1) is 8.06. The second-order valence-electron chi connectivity index (χ2n) is 4.26. The molecule has 92 valence electrons. The average molecular weight is 258 g/mol. The molecule has 2 N–H and O–H groups in total. The summed E-state index contributed by atoms with van der Waals surface area (Å²) in [6, 6.07) is 4.19. The van der Waals surface area contributed by atoms with E-state index in [2.05, 4.69) is 5.32 Å². The van der Waals surface area contributed by atoms with Crippen LogP contribution in [0.1, 0.15) is 18.4 Å². The molecule has 0 amide bonds. The highest BCUT2D eigenvalue weighted by Gasteiger charge is 2.43. The lowest BCUT2D eigenvalue weighted by Gasteiger charge is -2.34. The SMILES string of the molecule is O=C(O)C1(c2ccc(Cl)cc2F)CCNCC1. The molecule has 1 fully saturated rings. The molecule has 0 aromatic heterocycles. The van der Waals surface area contributed by atoms with Gasteiger partial charge in [0, 0.05) is 10.6 Å². The number of benzene rings is 1. The molecule has 1 aromatic rings. The number of nitrogens with one attached hydrogen (secondary N) is 1. The quantitative estimate of drug-likeness (QED) is 0.854. The summed E-state index contributed by atoms with van der Waals surface area (Å²) in [5, 5.41) is 12.8. The Morgan fingerprint density at radius 3 is 2.59 bits per heavy atom. The van der Waals surface area contributed by atoms with Crippen LogP contribution in [0.2, 0.25) is 5.02 Å². The van der Waals surface area contributed by atoms with Crippen molar-refractivity contribution < 1.29 is 14.3 Å². The Morgan fingerprint density at radius 1 is 1.41 bits per heavy atom. The molecule has 1 aliphatic heterocycles. The lowest BCUT2D eigenvalue weighted by molar-refractivity contribution is -0.145. The molecule has 0 atom stereocenters. The predicted molar refractivity (Wildman–Crippen MR) is 62.8 cm³/mol. The predicted octanol–water partition coefficient (Wildman–Crippen LogP) is 2.18. The van der Waals surface area contributed by atoms with Gasteiger partial charge >= 0.3 is 5.97 Å². The normalized spacial score (nSPS) is 18.9. The van der Waals surface area contributed by atoms with Crippen molar-refractivity contribution in [2.75, 3.05) is 13.1 Å². The van der Waals surface area contributed by atoms with Crippen molar-refractivity contribution >= 4 is 17.6 Å². The first-order valence-corrected chi connectivity index (χ1v) is 5.84.